The minimum absolute atomic E-state index is 0.0958. The van der Waals surface area contributed by atoms with E-state index < -0.39 is 0 Å². The summed E-state index contributed by atoms with van der Waals surface area (Å²) < 4.78 is 5.75. The van der Waals surface area contributed by atoms with E-state index in [0.29, 0.717) is 13.2 Å². The summed E-state index contributed by atoms with van der Waals surface area (Å²) in [4.78, 5) is 17.9. The fraction of sp³-hybridized carbons (Fsp3) is 0.370. The molecule has 3 aliphatic rings. The van der Waals surface area contributed by atoms with Crippen molar-refractivity contribution in [1.29, 1.82) is 0 Å². The van der Waals surface area contributed by atoms with Crippen molar-refractivity contribution >= 4 is 29.3 Å². The van der Waals surface area contributed by atoms with Crippen LogP contribution in [0.1, 0.15) is 36.8 Å². The molecule has 2 aromatic rings. The molecule has 3 saturated heterocycles. The van der Waals surface area contributed by atoms with Gasteiger partial charge in [0.15, 0.2) is 5.78 Å². The second-order valence-electron chi connectivity index (χ2n) is 8.73. The molecule has 0 amide bonds. The lowest BCUT2D eigenvalue weighted by molar-refractivity contribution is -0.114. The average Bonchev–Trinajstić information content (AvgIpc) is 3.52. The lowest BCUT2D eigenvalue weighted by Gasteiger charge is -2.19. The Kier molecular flexibility index (Phi) is 5.90. The van der Waals surface area contributed by atoms with Crippen molar-refractivity contribution in [2.24, 2.45) is 0 Å². The Morgan fingerprint density at radius 3 is 1.39 bits per heavy atom. The first-order chi connectivity index (χ1) is 15.3. The molecule has 0 aliphatic carbocycles. The molecule has 0 unspecified atom stereocenters. The molecule has 3 aliphatic heterocycles. The highest BCUT2D eigenvalue weighted by Crippen LogP contribution is 2.25. The van der Waals surface area contributed by atoms with E-state index in [4.69, 9.17) is 4.74 Å². The van der Waals surface area contributed by atoms with Gasteiger partial charge in [-0.15, -0.1) is 0 Å². The second kappa shape index (κ2) is 9.11. The SMILES string of the molecule is O=C1/C(=C/c2ccc(N3CCCC3)cc2)COC/C1=C\c1ccc(N2CCCC2)cc1. The van der Waals surface area contributed by atoms with Crippen LogP contribution in [0.3, 0.4) is 0 Å². The molecule has 5 rings (SSSR count). The van der Waals surface area contributed by atoms with Crippen LogP contribution in [0.2, 0.25) is 0 Å². The van der Waals surface area contributed by atoms with Crippen molar-refractivity contribution in [3.63, 3.8) is 0 Å². The lowest BCUT2D eigenvalue weighted by Crippen LogP contribution is -2.22. The average molecular weight is 415 g/mol. The van der Waals surface area contributed by atoms with Crippen LogP contribution in [-0.4, -0.2) is 45.2 Å². The number of ketones is 1. The van der Waals surface area contributed by atoms with E-state index >= 15 is 0 Å². The van der Waals surface area contributed by atoms with Crippen molar-refractivity contribution in [2.75, 3.05) is 49.2 Å². The van der Waals surface area contributed by atoms with Gasteiger partial charge in [-0.05, 0) is 73.2 Å². The molecular weight excluding hydrogens is 384 g/mol. The van der Waals surface area contributed by atoms with Gasteiger partial charge in [-0.2, -0.15) is 0 Å². The van der Waals surface area contributed by atoms with E-state index in [1.54, 1.807) is 0 Å². The molecule has 3 heterocycles. The maximum absolute atomic E-state index is 13.1. The van der Waals surface area contributed by atoms with Gasteiger partial charge in [-0.3, -0.25) is 4.79 Å². The minimum Gasteiger partial charge on any atom is -0.372 e. The number of benzene rings is 2. The molecule has 3 fully saturated rings. The third-order valence-electron chi connectivity index (χ3n) is 6.51. The van der Waals surface area contributed by atoms with Gasteiger partial charge in [-0.25, -0.2) is 0 Å². The third-order valence-corrected chi connectivity index (χ3v) is 6.51. The molecule has 4 nitrogen and oxygen atoms in total. The Balaban J connectivity index is 1.30. The minimum atomic E-state index is 0.0958. The van der Waals surface area contributed by atoms with Gasteiger partial charge in [0.05, 0.1) is 13.2 Å². The molecule has 0 N–H and O–H groups in total. The van der Waals surface area contributed by atoms with Crippen LogP contribution in [0.4, 0.5) is 11.4 Å². The second-order valence-corrected chi connectivity index (χ2v) is 8.73. The molecule has 2 aromatic carbocycles. The van der Waals surface area contributed by atoms with Gasteiger partial charge in [0.2, 0.25) is 0 Å². The molecule has 31 heavy (non-hydrogen) atoms. The van der Waals surface area contributed by atoms with Crippen LogP contribution in [0.5, 0.6) is 0 Å². The Morgan fingerprint density at radius 2 is 1.00 bits per heavy atom. The molecule has 0 bridgehead atoms. The molecule has 0 spiro atoms. The quantitative estimate of drug-likeness (QED) is 0.663. The van der Waals surface area contributed by atoms with E-state index in [-0.39, 0.29) is 5.78 Å². The maximum Gasteiger partial charge on any atom is 0.189 e. The number of carbonyl (C=O) groups is 1. The molecule has 0 radical (unpaired) electrons. The number of carbonyl (C=O) groups excluding carboxylic acids is 1. The predicted octanol–water partition coefficient (Wildman–Crippen LogP) is 4.95. The zero-order chi connectivity index (χ0) is 21.0. The van der Waals surface area contributed by atoms with Crippen molar-refractivity contribution in [2.45, 2.75) is 25.7 Å². The van der Waals surface area contributed by atoms with Gasteiger partial charge >= 0.3 is 0 Å². The first-order valence-corrected chi connectivity index (χ1v) is 11.5. The molecule has 0 atom stereocenters. The number of rotatable bonds is 4. The largest absolute Gasteiger partial charge is 0.372 e. The highest BCUT2D eigenvalue weighted by Gasteiger charge is 2.21. The molecule has 0 aromatic heterocycles. The van der Waals surface area contributed by atoms with Crippen molar-refractivity contribution < 1.29 is 9.53 Å². The third kappa shape index (κ3) is 4.59. The highest BCUT2D eigenvalue weighted by molar-refractivity contribution is 6.14. The monoisotopic (exact) mass is 414 g/mol. The summed E-state index contributed by atoms with van der Waals surface area (Å²) in [5.74, 6) is 0.0958. The van der Waals surface area contributed by atoms with Gasteiger partial charge in [0, 0.05) is 48.7 Å². The van der Waals surface area contributed by atoms with Crippen LogP contribution in [0.15, 0.2) is 59.7 Å². The number of nitrogens with zero attached hydrogens (tertiary/aromatic N) is 2. The van der Waals surface area contributed by atoms with Gasteiger partial charge in [0.25, 0.3) is 0 Å². The van der Waals surface area contributed by atoms with Crippen molar-refractivity contribution in [1.82, 2.24) is 0 Å². The summed E-state index contributed by atoms with van der Waals surface area (Å²) in [5.41, 5.74) is 6.07. The number of ether oxygens (including phenoxy) is 1. The Hall–Kier alpha value is -2.85. The fourth-order valence-corrected chi connectivity index (χ4v) is 4.74. The molecule has 4 heteroatoms. The number of Topliss-reactive ketones (excluding diaryl/α,β-unsaturated/α-hetero) is 1. The van der Waals surface area contributed by atoms with E-state index in [1.165, 1.54) is 37.1 Å². The van der Waals surface area contributed by atoms with E-state index in [9.17, 15) is 4.79 Å². The standard InChI is InChI=1S/C27H30N2O2/c30-27-23(17-21-5-9-25(10-6-21)28-13-1-2-14-28)19-31-20-24(27)18-22-7-11-26(12-8-22)29-15-3-4-16-29/h5-12,17-18H,1-4,13-16,19-20H2/b23-17+,24-18+. The number of hydrogen-bond acceptors (Lipinski definition) is 4. The van der Waals surface area contributed by atoms with Gasteiger partial charge in [0.1, 0.15) is 0 Å². The summed E-state index contributed by atoms with van der Waals surface area (Å²) in [5, 5.41) is 0. The Morgan fingerprint density at radius 1 is 0.613 bits per heavy atom. The van der Waals surface area contributed by atoms with Crippen molar-refractivity contribution in [3.05, 3.63) is 70.8 Å². The Labute approximate surface area is 184 Å². The highest BCUT2D eigenvalue weighted by atomic mass is 16.5. The van der Waals surface area contributed by atoms with E-state index in [2.05, 4.69) is 58.3 Å². The van der Waals surface area contributed by atoms with E-state index in [1.807, 2.05) is 12.2 Å². The number of hydrogen-bond donors (Lipinski definition) is 0. The van der Waals surface area contributed by atoms with E-state index in [0.717, 1.165) is 48.5 Å². The predicted molar refractivity (Wildman–Crippen MR) is 128 cm³/mol. The first-order valence-electron chi connectivity index (χ1n) is 11.5. The van der Waals surface area contributed by atoms with Crippen LogP contribution >= 0.6 is 0 Å². The topological polar surface area (TPSA) is 32.8 Å². The van der Waals surface area contributed by atoms with Crippen LogP contribution in [0, 0.1) is 0 Å². The summed E-state index contributed by atoms with van der Waals surface area (Å²) in [7, 11) is 0. The van der Waals surface area contributed by atoms with Crippen LogP contribution < -0.4 is 9.80 Å². The maximum atomic E-state index is 13.1. The Bertz CT molecular complexity index is 897. The summed E-state index contributed by atoms with van der Waals surface area (Å²) in [6.45, 7) is 5.30. The molecule has 160 valence electrons. The van der Waals surface area contributed by atoms with Crippen molar-refractivity contribution in [3.8, 4) is 0 Å². The zero-order valence-electron chi connectivity index (χ0n) is 18.1. The summed E-state index contributed by atoms with van der Waals surface area (Å²) >= 11 is 0. The normalized spacial score (nSPS) is 22.1. The first kappa shape index (κ1) is 20.1. The van der Waals surface area contributed by atoms with Gasteiger partial charge < -0.3 is 14.5 Å². The van der Waals surface area contributed by atoms with Crippen LogP contribution in [-0.2, 0) is 9.53 Å². The lowest BCUT2D eigenvalue weighted by atomic mass is 9.97. The van der Waals surface area contributed by atoms with Gasteiger partial charge in [-0.1, -0.05) is 24.3 Å². The summed E-state index contributed by atoms with van der Waals surface area (Å²) in [6, 6.07) is 17.0. The molecular formula is C27H30N2O2. The summed E-state index contributed by atoms with van der Waals surface area (Å²) in [6.07, 6.45) is 9.03. The number of anilines is 2. The zero-order valence-corrected chi connectivity index (χ0v) is 18.1. The molecule has 0 saturated carbocycles. The van der Waals surface area contributed by atoms with Crippen LogP contribution in [0.25, 0.3) is 12.2 Å². The fourth-order valence-electron chi connectivity index (χ4n) is 4.74. The smallest absolute Gasteiger partial charge is 0.189 e.